The Kier molecular flexibility index (Phi) is 8.72. The van der Waals surface area contributed by atoms with E-state index in [-0.39, 0.29) is 29.7 Å². The van der Waals surface area contributed by atoms with Crippen molar-refractivity contribution in [2.75, 3.05) is 46.9 Å². The van der Waals surface area contributed by atoms with E-state index in [4.69, 9.17) is 9.47 Å². The summed E-state index contributed by atoms with van der Waals surface area (Å²) < 4.78 is 65.9. The van der Waals surface area contributed by atoms with Gasteiger partial charge in [0, 0.05) is 45.8 Å². The zero-order valence-electron chi connectivity index (χ0n) is 23.3. The maximum absolute atomic E-state index is 13.3. The molecule has 10 nitrogen and oxygen atoms in total. The summed E-state index contributed by atoms with van der Waals surface area (Å²) in [5.41, 5.74) is -0.382. The van der Waals surface area contributed by atoms with Gasteiger partial charge in [-0.25, -0.2) is 21.1 Å². The number of piperidine rings is 1. The number of ether oxygens (including phenoxy) is 2. The lowest BCUT2D eigenvalue weighted by Crippen LogP contribution is -2.47. The highest BCUT2D eigenvalue weighted by Gasteiger charge is 2.44. The van der Waals surface area contributed by atoms with Crippen LogP contribution in [0, 0.1) is 0 Å². The minimum absolute atomic E-state index is 0.00121. The first-order chi connectivity index (χ1) is 19.5. The number of aliphatic hydroxyl groups excluding tert-OH is 1. The summed E-state index contributed by atoms with van der Waals surface area (Å²) in [7, 11) is -4.25. The van der Waals surface area contributed by atoms with Gasteiger partial charge in [-0.2, -0.15) is 4.31 Å². The minimum atomic E-state index is -3.60. The van der Waals surface area contributed by atoms with Crippen LogP contribution in [-0.4, -0.2) is 95.2 Å². The van der Waals surface area contributed by atoms with E-state index in [9.17, 15) is 21.9 Å². The first-order valence-corrected chi connectivity index (χ1v) is 16.6. The highest BCUT2D eigenvalue weighted by Crippen LogP contribution is 2.37. The molecule has 2 fully saturated rings. The smallest absolute Gasteiger partial charge is 0.243 e. The van der Waals surface area contributed by atoms with Crippen molar-refractivity contribution in [3.63, 3.8) is 0 Å². The second kappa shape index (κ2) is 12.0. The molecule has 12 heteroatoms. The molecule has 2 aliphatic heterocycles. The number of nitrogens with one attached hydrogen (secondary N) is 1. The third kappa shape index (κ3) is 6.59. The van der Waals surface area contributed by atoms with Gasteiger partial charge in [-0.15, -0.1) is 0 Å². The van der Waals surface area contributed by atoms with E-state index < -0.39 is 26.2 Å². The molecule has 3 aromatic carbocycles. The Hall–Kier alpha value is -2.58. The zero-order chi connectivity index (χ0) is 29.3. The van der Waals surface area contributed by atoms with Gasteiger partial charge in [0.25, 0.3) is 0 Å². The van der Waals surface area contributed by atoms with Gasteiger partial charge in [-0.05, 0) is 54.3 Å². The number of sulfonamides is 2. The standard InChI is InChI=1S/C29H37N3O7S2/c1-31(2)40(34,35)27-9-5-8-26(17-27)38-21-25(33)19-30-24-18-29(39-20-24)12-14-32(15-13-29)41(36,37)28-11-10-22-6-3-4-7-23(22)16-28/h3-11,16-17,24-25,30,33H,12-15,18-21H2,1-2H3/t24?,25-/m0/s1. The molecule has 0 radical (unpaired) electrons. The van der Waals surface area contributed by atoms with Crippen molar-refractivity contribution in [3.8, 4) is 5.75 Å². The van der Waals surface area contributed by atoms with Gasteiger partial charge >= 0.3 is 0 Å². The summed E-state index contributed by atoms with van der Waals surface area (Å²) in [5.74, 6) is 0.362. The van der Waals surface area contributed by atoms with Crippen LogP contribution in [0.4, 0.5) is 0 Å². The van der Waals surface area contributed by atoms with Crippen LogP contribution < -0.4 is 10.1 Å². The summed E-state index contributed by atoms with van der Waals surface area (Å²) in [6.07, 6.45) is 1.13. The fourth-order valence-corrected chi connectivity index (χ4v) is 7.84. The quantitative estimate of drug-likeness (QED) is 0.362. The Balaban J connectivity index is 1.09. The Morgan fingerprint density at radius 3 is 2.46 bits per heavy atom. The monoisotopic (exact) mass is 603 g/mol. The van der Waals surface area contributed by atoms with Gasteiger partial charge < -0.3 is 19.9 Å². The molecule has 1 spiro atoms. The fourth-order valence-electron chi connectivity index (χ4n) is 5.42. The molecule has 0 saturated carbocycles. The van der Waals surface area contributed by atoms with E-state index >= 15 is 0 Å². The van der Waals surface area contributed by atoms with Gasteiger partial charge in [0.15, 0.2) is 0 Å². The van der Waals surface area contributed by atoms with Crippen molar-refractivity contribution < 1.29 is 31.4 Å². The molecule has 222 valence electrons. The number of hydrogen-bond donors (Lipinski definition) is 2. The lowest BCUT2D eigenvalue weighted by Gasteiger charge is -2.38. The highest BCUT2D eigenvalue weighted by molar-refractivity contribution is 7.89. The molecule has 5 rings (SSSR count). The molecule has 0 aliphatic carbocycles. The van der Waals surface area contributed by atoms with E-state index in [1.165, 1.54) is 26.2 Å². The Morgan fingerprint density at radius 2 is 1.73 bits per heavy atom. The molecule has 0 amide bonds. The molecule has 2 N–H and O–H groups in total. The van der Waals surface area contributed by atoms with Gasteiger partial charge in [0.1, 0.15) is 18.5 Å². The van der Waals surface area contributed by atoms with Crippen molar-refractivity contribution in [1.82, 2.24) is 13.9 Å². The first kappa shape index (κ1) is 29.9. The summed E-state index contributed by atoms with van der Waals surface area (Å²) in [6.45, 7) is 1.54. The van der Waals surface area contributed by atoms with Crippen molar-refractivity contribution in [1.29, 1.82) is 0 Å². The van der Waals surface area contributed by atoms with Crippen LogP contribution >= 0.6 is 0 Å². The summed E-state index contributed by atoms with van der Waals surface area (Å²) in [4.78, 5) is 0.429. The molecule has 3 aromatic rings. The van der Waals surface area contributed by atoms with Crippen LogP contribution in [0.5, 0.6) is 5.75 Å². The number of rotatable bonds is 10. The third-order valence-electron chi connectivity index (χ3n) is 7.87. The van der Waals surface area contributed by atoms with Crippen LogP contribution in [0.2, 0.25) is 0 Å². The molecule has 2 heterocycles. The average molecular weight is 604 g/mol. The third-order valence-corrected chi connectivity index (χ3v) is 11.6. The largest absolute Gasteiger partial charge is 0.491 e. The number of aliphatic hydroxyl groups is 1. The lowest BCUT2D eigenvalue weighted by atomic mass is 9.88. The van der Waals surface area contributed by atoms with Crippen LogP contribution in [0.1, 0.15) is 19.3 Å². The molecule has 2 atom stereocenters. The van der Waals surface area contributed by atoms with E-state index in [1.54, 1.807) is 28.6 Å². The molecule has 2 saturated heterocycles. The predicted octanol–water partition coefficient (Wildman–Crippen LogP) is 2.43. The molecule has 41 heavy (non-hydrogen) atoms. The second-order valence-corrected chi connectivity index (χ2v) is 15.0. The Labute approximate surface area is 242 Å². The van der Waals surface area contributed by atoms with Crippen LogP contribution in [0.25, 0.3) is 10.8 Å². The molecular weight excluding hydrogens is 566 g/mol. The summed E-state index contributed by atoms with van der Waals surface area (Å²) in [5, 5.41) is 15.7. The van der Waals surface area contributed by atoms with Gasteiger partial charge in [-0.3, -0.25) is 0 Å². The van der Waals surface area contributed by atoms with Crippen LogP contribution in [-0.2, 0) is 24.8 Å². The van der Waals surface area contributed by atoms with Gasteiger partial charge in [0.2, 0.25) is 20.0 Å². The SMILES string of the molecule is CN(C)S(=O)(=O)c1cccc(OC[C@@H](O)CNC2COC3(CCN(S(=O)(=O)c4ccc5ccccc5c4)CC3)C2)c1. The molecular formula is C29H37N3O7S2. The van der Waals surface area contributed by atoms with E-state index in [1.807, 2.05) is 30.3 Å². The second-order valence-electron chi connectivity index (χ2n) is 10.9. The Bertz CT molecular complexity index is 1590. The normalized spacial score (nSPS) is 20.5. The minimum Gasteiger partial charge on any atom is -0.491 e. The van der Waals surface area contributed by atoms with E-state index in [0.717, 1.165) is 21.5 Å². The molecule has 0 aromatic heterocycles. The summed E-state index contributed by atoms with van der Waals surface area (Å²) >= 11 is 0. The van der Waals surface area contributed by atoms with Crippen LogP contribution in [0.3, 0.4) is 0 Å². The van der Waals surface area contributed by atoms with Crippen molar-refractivity contribution in [3.05, 3.63) is 66.7 Å². The zero-order valence-corrected chi connectivity index (χ0v) is 24.9. The number of nitrogens with zero attached hydrogens (tertiary/aromatic N) is 2. The number of fused-ring (bicyclic) bond motifs is 1. The maximum Gasteiger partial charge on any atom is 0.243 e. The molecule has 1 unspecified atom stereocenters. The molecule has 2 aliphatic rings. The maximum atomic E-state index is 13.3. The van der Waals surface area contributed by atoms with Crippen LogP contribution in [0.15, 0.2) is 76.5 Å². The fraction of sp³-hybridized carbons (Fsp3) is 0.448. The van der Waals surface area contributed by atoms with E-state index in [0.29, 0.717) is 43.2 Å². The van der Waals surface area contributed by atoms with Crippen molar-refractivity contribution in [2.45, 2.75) is 46.8 Å². The average Bonchev–Trinajstić information content (AvgIpc) is 3.37. The topological polar surface area (TPSA) is 125 Å². The summed E-state index contributed by atoms with van der Waals surface area (Å²) in [6, 6.07) is 19.2. The predicted molar refractivity (Wildman–Crippen MR) is 156 cm³/mol. The number of benzene rings is 3. The Morgan fingerprint density at radius 1 is 1.00 bits per heavy atom. The van der Waals surface area contributed by atoms with Crippen molar-refractivity contribution in [2.24, 2.45) is 0 Å². The lowest BCUT2D eigenvalue weighted by molar-refractivity contribution is -0.0312. The van der Waals surface area contributed by atoms with Gasteiger partial charge in [-0.1, -0.05) is 36.4 Å². The van der Waals surface area contributed by atoms with Crippen molar-refractivity contribution >= 4 is 30.8 Å². The van der Waals surface area contributed by atoms with Gasteiger partial charge in [0.05, 0.1) is 22.0 Å². The highest BCUT2D eigenvalue weighted by atomic mass is 32.2. The number of hydrogen-bond acceptors (Lipinski definition) is 8. The first-order valence-electron chi connectivity index (χ1n) is 13.7. The molecule has 0 bridgehead atoms. The van der Waals surface area contributed by atoms with E-state index in [2.05, 4.69) is 5.32 Å².